The lowest BCUT2D eigenvalue weighted by Crippen LogP contribution is -2.48. The Morgan fingerprint density at radius 1 is 1.42 bits per heavy atom. The number of anilines is 1. The number of para-hydroxylation sites is 1. The van der Waals surface area contributed by atoms with Gasteiger partial charge in [0, 0.05) is 25.4 Å². The van der Waals surface area contributed by atoms with Gasteiger partial charge in [-0.05, 0) is 31.9 Å². The summed E-state index contributed by atoms with van der Waals surface area (Å²) >= 11 is 0. The van der Waals surface area contributed by atoms with E-state index in [1.807, 2.05) is 37.3 Å². The smallest absolute Gasteiger partial charge is 0.313 e. The van der Waals surface area contributed by atoms with Crippen LogP contribution in [0.2, 0.25) is 0 Å². The van der Waals surface area contributed by atoms with Crippen LogP contribution in [0.25, 0.3) is 0 Å². The molecule has 1 aliphatic heterocycles. The van der Waals surface area contributed by atoms with Crippen molar-refractivity contribution in [3.05, 3.63) is 30.3 Å². The SMILES string of the molecule is CCN(CC1(C(=O)O)CCCOC1)c1ccccc1. The highest BCUT2D eigenvalue weighted by Gasteiger charge is 2.42. The van der Waals surface area contributed by atoms with Crippen molar-refractivity contribution in [2.24, 2.45) is 5.41 Å². The molecule has 0 spiro atoms. The van der Waals surface area contributed by atoms with Crippen molar-refractivity contribution in [3.8, 4) is 0 Å². The van der Waals surface area contributed by atoms with Gasteiger partial charge in [0.25, 0.3) is 0 Å². The molecular weight excluding hydrogens is 242 g/mol. The molecule has 0 aromatic heterocycles. The van der Waals surface area contributed by atoms with Gasteiger partial charge in [-0.2, -0.15) is 0 Å². The molecule has 1 N–H and O–H groups in total. The van der Waals surface area contributed by atoms with Crippen LogP contribution in [-0.2, 0) is 9.53 Å². The molecule has 1 saturated heterocycles. The molecule has 104 valence electrons. The predicted octanol–water partition coefficient (Wildman–Crippen LogP) is 2.39. The minimum Gasteiger partial charge on any atom is -0.481 e. The maximum atomic E-state index is 11.7. The number of hydrogen-bond acceptors (Lipinski definition) is 3. The highest BCUT2D eigenvalue weighted by atomic mass is 16.5. The minimum absolute atomic E-state index is 0.311. The zero-order valence-electron chi connectivity index (χ0n) is 11.3. The first-order chi connectivity index (χ1) is 9.18. The summed E-state index contributed by atoms with van der Waals surface area (Å²) in [5.41, 5.74) is 0.292. The molecule has 4 nitrogen and oxygen atoms in total. The van der Waals surface area contributed by atoms with Crippen LogP contribution < -0.4 is 4.90 Å². The van der Waals surface area contributed by atoms with Gasteiger partial charge in [-0.25, -0.2) is 0 Å². The van der Waals surface area contributed by atoms with Crippen molar-refractivity contribution in [1.82, 2.24) is 0 Å². The van der Waals surface area contributed by atoms with Crippen LogP contribution >= 0.6 is 0 Å². The predicted molar refractivity (Wildman–Crippen MR) is 74.5 cm³/mol. The second-order valence-electron chi connectivity index (χ2n) is 5.09. The fraction of sp³-hybridized carbons (Fsp3) is 0.533. The van der Waals surface area contributed by atoms with Crippen LogP contribution in [0.5, 0.6) is 0 Å². The first-order valence-corrected chi connectivity index (χ1v) is 6.79. The number of carboxylic acids is 1. The lowest BCUT2D eigenvalue weighted by atomic mass is 9.82. The van der Waals surface area contributed by atoms with Crippen molar-refractivity contribution in [1.29, 1.82) is 0 Å². The Balaban J connectivity index is 2.17. The summed E-state index contributed by atoms with van der Waals surface area (Å²) in [6.45, 7) is 4.33. The molecule has 1 aliphatic rings. The maximum Gasteiger partial charge on any atom is 0.313 e. The number of hydrogen-bond donors (Lipinski definition) is 1. The lowest BCUT2D eigenvalue weighted by Gasteiger charge is -2.38. The summed E-state index contributed by atoms with van der Waals surface area (Å²) in [5, 5.41) is 9.57. The Hall–Kier alpha value is -1.55. The van der Waals surface area contributed by atoms with E-state index in [0.29, 0.717) is 26.2 Å². The Morgan fingerprint density at radius 2 is 2.16 bits per heavy atom. The van der Waals surface area contributed by atoms with Crippen molar-refractivity contribution >= 4 is 11.7 Å². The monoisotopic (exact) mass is 263 g/mol. The number of rotatable bonds is 5. The average molecular weight is 263 g/mol. The van der Waals surface area contributed by atoms with Gasteiger partial charge in [0.05, 0.1) is 6.61 Å². The molecule has 4 heteroatoms. The number of benzene rings is 1. The molecule has 1 aromatic rings. The van der Waals surface area contributed by atoms with Crippen LogP contribution in [0.15, 0.2) is 30.3 Å². The minimum atomic E-state index is -0.774. The van der Waals surface area contributed by atoms with Crippen LogP contribution in [0.3, 0.4) is 0 Å². The summed E-state index contributed by atoms with van der Waals surface area (Å²) in [6, 6.07) is 9.95. The Labute approximate surface area is 114 Å². The first kappa shape index (κ1) is 13.9. The van der Waals surface area contributed by atoms with Gasteiger partial charge in [0.1, 0.15) is 5.41 Å². The molecule has 2 rings (SSSR count). The molecule has 0 saturated carbocycles. The van der Waals surface area contributed by atoms with Gasteiger partial charge in [-0.1, -0.05) is 18.2 Å². The summed E-state index contributed by atoms with van der Waals surface area (Å²) in [6.07, 6.45) is 1.50. The molecule has 1 heterocycles. The Bertz CT molecular complexity index is 413. The highest BCUT2D eigenvalue weighted by Crippen LogP contribution is 2.31. The van der Waals surface area contributed by atoms with Crippen LogP contribution in [0.1, 0.15) is 19.8 Å². The zero-order valence-corrected chi connectivity index (χ0v) is 11.3. The van der Waals surface area contributed by atoms with Crippen molar-refractivity contribution in [2.75, 3.05) is 31.2 Å². The van der Waals surface area contributed by atoms with Gasteiger partial charge in [-0.15, -0.1) is 0 Å². The molecule has 1 unspecified atom stereocenters. The lowest BCUT2D eigenvalue weighted by molar-refractivity contribution is -0.156. The van der Waals surface area contributed by atoms with Crippen LogP contribution in [-0.4, -0.2) is 37.4 Å². The summed E-state index contributed by atoms with van der Waals surface area (Å²) in [7, 11) is 0. The van der Waals surface area contributed by atoms with Crippen molar-refractivity contribution in [3.63, 3.8) is 0 Å². The normalized spacial score (nSPS) is 23.0. The fourth-order valence-electron chi connectivity index (χ4n) is 2.60. The van der Waals surface area contributed by atoms with E-state index in [-0.39, 0.29) is 0 Å². The number of nitrogens with zero attached hydrogens (tertiary/aromatic N) is 1. The third-order valence-corrected chi connectivity index (χ3v) is 3.77. The summed E-state index contributed by atoms with van der Waals surface area (Å²) < 4.78 is 5.42. The molecule has 19 heavy (non-hydrogen) atoms. The maximum absolute atomic E-state index is 11.7. The third kappa shape index (κ3) is 3.07. The molecule has 1 aromatic carbocycles. The van der Waals surface area contributed by atoms with Crippen molar-refractivity contribution in [2.45, 2.75) is 19.8 Å². The number of ether oxygens (including phenoxy) is 1. The standard InChI is InChI=1S/C15H21NO3/c1-2-16(13-7-4-3-5-8-13)11-15(14(17)18)9-6-10-19-12-15/h3-5,7-8H,2,6,9-12H2,1H3,(H,17,18). The van der Waals surface area contributed by atoms with E-state index >= 15 is 0 Å². The zero-order chi connectivity index (χ0) is 13.7. The Morgan fingerprint density at radius 3 is 2.68 bits per heavy atom. The van der Waals surface area contributed by atoms with E-state index in [1.165, 1.54) is 0 Å². The number of aliphatic carboxylic acids is 1. The van der Waals surface area contributed by atoms with Gasteiger partial charge in [-0.3, -0.25) is 4.79 Å². The van der Waals surface area contributed by atoms with Gasteiger partial charge in [0.2, 0.25) is 0 Å². The summed E-state index contributed by atoms with van der Waals surface area (Å²) in [5.74, 6) is -0.749. The molecule has 1 fully saturated rings. The first-order valence-electron chi connectivity index (χ1n) is 6.79. The van der Waals surface area contributed by atoms with Crippen LogP contribution in [0, 0.1) is 5.41 Å². The molecular formula is C15H21NO3. The Kier molecular flexibility index (Phi) is 4.43. The number of carbonyl (C=O) groups is 1. The molecule has 0 amide bonds. The molecule has 0 aliphatic carbocycles. The van der Waals surface area contributed by atoms with E-state index in [1.54, 1.807) is 0 Å². The quantitative estimate of drug-likeness (QED) is 0.886. The summed E-state index contributed by atoms with van der Waals surface area (Å²) in [4.78, 5) is 13.8. The van der Waals surface area contributed by atoms with Gasteiger partial charge in [0.15, 0.2) is 0 Å². The molecule has 1 atom stereocenters. The molecule has 0 bridgehead atoms. The van der Waals surface area contributed by atoms with E-state index in [2.05, 4.69) is 4.90 Å². The van der Waals surface area contributed by atoms with Crippen molar-refractivity contribution < 1.29 is 14.6 Å². The fourth-order valence-corrected chi connectivity index (χ4v) is 2.60. The second kappa shape index (κ2) is 6.06. The van der Waals surface area contributed by atoms with E-state index in [4.69, 9.17) is 4.74 Å². The molecule has 0 radical (unpaired) electrons. The van der Waals surface area contributed by atoms with Crippen LogP contribution in [0.4, 0.5) is 5.69 Å². The number of carboxylic acid groups (broad SMARTS) is 1. The largest absolute Gasteiger partial charge is 0.481 e. The van der Waals surface area contributed by atoms with E-state index in [9.17, 15) is 9.90 Å². The average Bonchev–Trinajstić information content (AvgIpc) is 2.46. The van der Waals surface area contributed by atoms with Gasteiger partial charge >= 0.3 is 5.97 Å². The van der Waals surface area contributed by atoms with E-state index < -0.39 is 11.4 Å². The van der Waals surface area contributed by atoms with Gasteiger partial charge < -0.3 is 14.7 Å². The highest BCUT2D eigenvalue weighted by molar-refractivity contribution is 5.76. The topological polar surface area (TPSA) is 49.8 Å². The van der Waals surface area contributed by atoms with E-state index in [0.717, 1.165) is 18.7 Å². The second-order valence-corrected chi connectivity index (χ2v) is 5.09. The third-order valence-electron chi connectivity index (χ3n) is 3.77.